The molecule has 3 heterocycles. The first-order valence-electron chi connectivity index (χ1n) is 7.65. The molecule has 1 aromatic heterocycles. The Balaban J connectivity index is 2.05. The van der Waals surface area contributed by atoms with Crippen LogP contribution in [0.1, 0.15) is 24.4 Å². The number of nitrogens with zero attached hydrogens (tertiary/aromatic N) is 5. The third kappa shape index (κ3) is 3.31. The predicted molar refractivity (Wildman–Crippen MR) is 79.9 cm³/mol. The maximum atomic E-state index is 13.7. The van der Waals surface area contributed by atoms with Gasteiger partial charge >= 0.3 is 19.8 Å². The molecule has 140 valence electrons. The van der Waals surface area contributed by atoms with E-state index < -0.39 is 36.5 Å². The molecule has 1 atom stereocenters. The van der Waals surface area contributed by atoms with Crippen LogP contribution in [0.5, 0.6) is 0 Å². The number of rotatable bonds is 7. The summed E-state index contributed by atoms with van der Waals surface area (Å²) >= 11 is 0. The molecule has 0 amide bonds. The molecule has 2 saturated heterocycles. The van der Waals surface area contributed by atoms with Crippen LogP contribution in [0.2, 0.25) is 0 Å². The third-order valence-corrected chi connectivity index (χ3v) is 6.76. The fourth-order valence-corrected chi connectivity index (χ4v) is 4.92. The monoisotopic (exact) mass is 383 g/mol. The lowest BCUT2D eigenvalue weighted by Gasteiger charge is -2.27. The van der Waals surface area contributed by atoms with E-state index in [0.717, 1.165) is 11.6 Å². The highest BCUT2D eigenvalue weighted by molar-refractivity contribution is 7.54. The summed E-state index contributed by atoms with van der Waals surface area (Å²) in [4.78, 5) is 13.8. The van der Waals surface area contributed by atoms with Crippen molar-refractivity contribution in [3.8, 4) is 0 Å². The molecular formula is C12H17F3N5O4P. The lowest BCUT2D eigenvalue weighted by molar-refractivity contribution is -0.396. The van der Waals surface area contributed by atoms with Crippen LogP contribution in [0, 0.1) is 10.1 Å². The molecule has 3 rings (SSSR count). The second kappa shape index (κ2) is 6.04. The van der Waals surface area contributed by atoms with Gasteiger partial charge in [-0.25, -0.2) is 13.9 Å². The van der Waals surface area contributed by atoms with Gasteiger partial charge in [0.2, 0.25) is 6.10 Å². The van der Waals surface area contributed by atoms with E-state index >= 15 is 0 Å². The minimum Gasteiger partial charge on any atom is -0.390 e. The summed E-state index contributed by atoms with van der Waals surface area (Å²) in [5.74, 6) is -0.710. The zero-order valence-electron chi connectivity index (χ0n) is 13.6. The summed E-state index contributed by atoms with van der Waals surface area (Å²) in [6.45, 7) is 3.11. The van der Waals surface area contributed by atoms with E-state index in [2.05, 4.69) is 4.98 Å². The van der Waals surface area contributed by atoms with Gasteiger partial charge in [0, 0.05) is 32.6 Å². The number of alkyl halides is 3. The second-order valence-electron chi connectivity index (χ2n) is 5.84. The number of halogens is 3. The van der Waals surface area contributed by atoms with Crippen LogP contribution in [0.4, 0.5) is 19.1 Å². The molecule has 25 heavy (non-hydrogen) atoms. The molecule has 13 heteroatoms. The van der Waals surface area contributed by atoms with Crippen LogP contribution >= 0.6 is 7.67 Å². The molecule has 9 nitrogen and oxygen atoms in total. The maximum absolute atomic E-state index is 13.7. The van der Waals surface area contributed by atoms with Crippen molar-refractivity contribution in [1.29, 1.82) is 0 Å². The Bertz CT molecular complexity index is 728. The van der Waals surface area contributed by atoms with Gasteiger partial charge in [-0.3, -0.25) is 9.09 Å². The van der Waals surface area contributed by atoms with Gasteiger partial charge in [0.05, 0.1) is 7.05 Å². The second-order valence-corrected chi connectivity index (χ2v) is 8.16. The Morgan fingerprint density at radius 3 is 2.20 bits per heavy atom. The van der Waals surface area contributed by atoms with Gasteiger partial charge in [-0.2, -0.15) is 13.2 Å². The molecule has 0 radical (unpaired) electrons. The average Bonchev–Trinajstić information content (AvgIpc) is 3.39. The van der Waals surface area contributed by atoms with Crippen molar-refractivity contribution in [1.82, 2.24) is 18.9 Å². The van der Waals surface area contributed by atoms with Crippen molar-refractivity contribution in [2.24, 2.45) is 7.05 Å². The molecule has 0 bridgehead atoms. The minimum atomic E-state index is -4.90. The van der Waals surface area contributed by atoms with E-state index in [1.54, 1.807) is 0 Å². The van der Waals surface area contributed by atoms with Crippen molar-refractivity contribution in [2.45, 2.75) is 25.6 Å². The molecule has 0 aromatic carbocycles. The number of aromatic nitrogens is 2. The number of nitro groups is 1. The normalized spacial score (nSPS) is 19.9. The quantitative estimate of drug-likeness (QED) is 0.309. The zero-order valence-corrected chi connectivity index (χ0v) is 14.5. The first kappa shape index (κ1) is 18.3. The first-order chi connectivity index (χ1) is 11.6. The highest BCUT2D eigenvalue weighted by Gasteiger charge is 2.57. The molecule has 1 aromatic rings. The Morgan fingerprint density at radius 2 is 1.84 bits per heavy atom. The summed E-state index contributed by atoms with van der Waals surface area (Å²) in [7, 11) is -2.66. The average molecular weight is 383 g/mol. The lowest BCUT2D eigenvalue weighted by Crippen LogP contribution is -2.28. The Kier molecular flexibility index (Phi) is 4.43. The van der Waals surface area contributed by atoms with Crippen LogP contribution in [-0.2, 0) is 22.6 Å². The smallest absolute Gasteiger partial charge is 0.390 e. The van der Waals surface area contributed by atoms with E-state index in [1.165, 1.54) is 16.3 Å². The Labute approximate surface area is 141 Å². The van der Waals surface area contributed by atoms with Crippen molar-refractivity contribution in [2.75, 3.05) is 26.2 Å². The summed E-state index contributed by atoms with van der Waals surface area (Å²) in [5, 5.41) is 11.0. The summed E-state index contributed by atoms with van der Waals surface area (Å²) < 4.78 is 62.8. The van der Waals surface area contributed by atoms with E-state index in [9.17, 15) is 27.9 Å². The summed E-state index contributed by atoms with van der Waals surface area (Å²) in [6.07, 6.45) is -7.40. The largest absolute Gasteiger partial charge is 0.434 e. The first-order valence-corrected chi connectivity index (χ1v) is 9.18. The zero-order chi connectivity index (χ0) is 18.6. The molecule has 0 aliphatic carbocycles. The third-order valence-electron chi connectivity index (χ3n) is 4.04. The molecule has 0 spiro atoms. The van der Waals surface area contributed by atoms with Gasteiger partial charge in [0.15, 0.2) is 11.4 Å². The number of hydrogen-bond donors (Lipinski definition) is 0. The fourth-order valence-electron chi connectivity index (χ4n) is 2.61. The molecule has 1 unspecified atom stereocenters. The van der Waals surface area contributed by atoms with E-state index in [4.69, 9.17) is 4.52 Å². The molecule has 2 fully saturated rings. The van der Waals surface area contributed by atoms with E-state index in [-0.39, 0.29) is 12.1 Å². The van der Waals surface area contributed by atoms with Crippen LogP contribution in [0.25, 0.3) is 0 Å². The van der Waals surface area contributed by atoms with Crippen LogP contribution in [0.15, 0.2) is 0 Å². The molecule has 2 aliphatic rings. The van der Waals surface area contributed by atoms with Gasteiger partial charge in [0.25, 0.3) is 0 Å². The number of imidazole rings is 1. The van der Waals surface area contributed by atoms with Gasteiger partial charge in [-0.05, 0) is 4.92 Å². The highest BCUT2D eigenvalue weighted by Crippen LogP contribution is 2.64. The predicted octanol–water partition coefficient (Wildman–Crippen LogP) is 2.25. The van der Waals surface area contributed by atoms with Gasteiger partial charge in [-0.1, -0.05) is 11.9 Å². The van der Waals surface area contributed by atoms with Crippen molar-refractivity contribution in [3.05, 3.63) is 21.5 Å². The molecular weight excluding hydrogens is 366 g/mol. The van der Waals surface area contributed by atoms with Crippen molar-refractivity contribution >= 4 is 13.6 Å². The SMILES string of the molecule is CCc1nc([N+](=O)[O-])n(C)c1C(OP(=O)(N1CC1)N1CC1)C(F)(F)F. The van der Waals surface area contributed by atoms with Crippen molar-refractivity contribution in [3.63, 3.8) is 0 Å². The highest BCUT2D eigenvalue weighted by atomic mass is 31.2. The van der Waals surface area contributed by atoms with Crippen LogP contribution in [0.3, 0.4) is 0 Å². The fraction of sp³-hybridized carbons (Fsp3) is 0.750. The summed E-state index contributed by atoms with van der Waals surface area (Å²) in [6, 6.07) is 0. The Hall–Kier alpha value is -1.49. The maximum Gasteiger partial charge on any atom is 0.434 e. The standard InChI is InChI=1S/C12H17F3N5O4P/c1-3-8-9(17(2)11(16-8)20(21)22)10(12(13,14)15)24-25(23,18-4-5-18)19-6-7-19/h10H,3-7H2,1-2H3. The van der Waals surface area contributed by atoms with Gasteiger partial charge < -0.3 is 10.1 Å². The van der Waals surface area contributed by atoms with Gasteiger partial charge in [-0.15, -0.1) is 0 Å². The van der Waals surface area contributed by atoms with Crippen LogP contribution in [-0.4, -0.2) is 56.2 Å². The topological polar surface area (TPSA) is 93.3 Å². The molecule has 0 saturated carbocycles. The number of aryl methyl sites for hydroxylation is 1. The Morgan fingerprint density at radius 1 is 1.32 bits per heavy atom. The summed E-state index contributed by atoms with van der Waals surface area (Å²) in [5.41, 5.74) is -0.578. The van der Waals surface area contributed by atoms with E-state index in [0.29, 0.717) is 26.2 Å². The molecule has 2 aliphatic heterocycles. The van der Waals surface area contributed by atoms with Crippen LogP contribution < -0.4 is 0 Å². The van der Waals surface area contributed by atoms with Gasteiger partial charge in [0.1, 0.15) is 0 Å². The number of hydrogen-bond acceptors (Lipinski definition) is 5. The lowest BCUT2D eigenvalue weighted by atomic mass is 10.1. The van der Waals surface area contributed by atoms with Crippen molar-refractivity contribution < 1.29 is 27.2 Å². The van der Waals surface area contributed by atoms with E-state index in [1.807, 2.05) is 0 Å². The minimum absolute atomic E-state index is 0.0463. The molecule has 0 N–H and O–H groups in total.